The summed E-state index contributed by atoms with van der Waals surface area (Å²) < 4.78 is 32.2. The molecule has 0 saturated carbocycles. The molecule has 4 nitrogen and oxygen atoms in total. The molecule has 0 bridgehead atoms. The first-order chi connectivity index (χ1) is 9.03. The zero-order chi connectivity index (χ0) is 13.9. The molecule has 0 radical (unpaired) electrons. The average Bonchev–Trinajstić information content (AvgIpc) is 2.89. The van der Waals surface area contributed by atoms with E-state index in [0.29, 0.717) is 5.75 Å². The van der Waals surface area contributed by atoms with Crippen LogP contribution in [0.1, 0.15) is 10.4 Å². The smallest absolute Gasteiger partial charge is 0.244 e. The Bertz CT molecular complexity index is 649. The second kappa shape index (κ2) is 5.73. The minimum Gasteiger partial charge on any atom is -0.495 e. The SMILES string of the molecule is COc1ccc(C)cc1S(=O)(=O)NCc1cccs1. The van der Waals surface area contributed by atoms with Crippen LogP contribution in [-0.2, 0) is 16.6 Å². The molecular formula is C13H15NO3S2. The first-order valence-corrected chi connectivity index (χ1v) is 8.06. The summed E-state index contributed by atoms with van der Waals surface area (Å²) in [5.74, 6) is 0.351. The third kappa shape index (κ3) is 3.34. The van der Waals surface area contributed by atoms with Crippen LogP contribution >= 0.6 is 11.3 Å². The van der Waals surface area contributed by atoms with Crippen molar-refractivity contribution in [3.8, 4) is 5.75 Å². The number of nitrogens with one attached hydrogen (secondary N) is 1. The van der Waals surface area contributed by atoms with E-state index in [1.807, 2.05) is 30.5 Å². The van der Waals surface area contributed by atoms with Gasteiger partial charge in [0.2, 0.25) is 10.0 Å². The third-order valence-corrected chi connectivity index (χ3v) is 4.92. The fourth-order valence-corrected chi connectivity index (χ4v) is 3.65. The van der Waals surface area contributed by atoms with Gasteiger partial charge in [-0.25, -0.2) is 13.1 Å². The summed E-state index contributed by atoms with van der Waals surface area (Å²) in [5, 5.41) is 1.91. The molecule has 0 spiro atoms. The normalized spacial score (nSPS) is 11.5. The molecule has 0 atom stereocenters. The zero-order valence-corrected chi connectivity index (χ0v) is 12.3. The Hall–Kier alpha value is -1.37. The highest BCUT2D eigenvalue weighted by molar-refractivity contribution is 7.89. The van der Waals surface area contributed by atoms with Gasteiger partial charge in [-0.15, -0.1) is 11.3 Å². The standard InChI is InChI=1S/C13H15NO3S2/c1-10-5-6-12(17-2)13(8-10)19(15,16)14-9-11-4-3-7-18-11/h3-8,14H,9H2,1-2H3. The van der Waals surface area contributed by atoms with E-state index in [1.54, 1.807) is 12.1 Å². The van der Waals surface area contributed by atoms with E-state index < -0.39 is 10.0 Å². The maximum Gasteiger partial charge on any atom is 0.244 e. The Labute approximate surface area is 117 Å². The number of aryl methyl sites for hydroxylation is 1. The molecular weight excluding hydrogens is 282 g/mol. The van der Waals surface area contributed by atoms with Gasteiger partial charge in [0.15, 0.2) is 0 Å². The van der Waals surface area contributed by atoms with Crippen molar-refractivity contribution in [3.63, 3.8) is 0 Å². The average molecular weight is 297 g/mol. The van der Waals surface area contributed by atoms with Crippen LogP contribution < -0.4 is 9.46 Å². The molecule has 1 aromatic carbocycles. The van der Waals surface area contributed by atoms with Crippen molar-refractivity contribution in [2.24, 2.45) is 0 Å². The summed E-state index contributed by atoms with van der Waals surface area (Å²) in [7, 11) is -2.11. The van der Waals surface area contributed by atoms with Crippen LogP contribution in [0.5, 0.6) is 5.75 Å². The van der Waals surface area contributed by atoms with Gasteiger partial charge in [-0.1, -0.05) is 12.1 Å². The Morgan fingerprint density at radius 2 is 2.11 bits per heavy atom. The molecule has 6 heteroatoms. The molecule has 2 rings (SSSR count). The van der Waals surface area contributed by atoms with Gasteiger partial charge in [0.05, 0.1) is 7.11 Å². The number of thiophene rings is 1. The van der Waals surface area contributed by atoms with Gasteiger partial charge in [0, 0.05) is 11.4 Å². The van der Waals surface area contributed by atoms with Crippen LogP contribution in [0.25, 0.3) is 0 Å². The van der Waals surface area contributed by atoms with E-state index in [2.05, 4.69) is 4.72 Å². The van der Waals surface area contributed by atoms with Crippen LogP contribution in [0.3, 0.4) is 0 Å². The Morgan fingerprint density at radius 1 is 1.32 bits per heavy atom. The molecule has 102 valence electrons. The summed E-state index contributed by atoms with van der Waals surface area (Å²) in [6.07, 6.45) is 0. The van der Waals surface area contributed by atoms with Crippen LogP contribution in [0.2, 0.25) is 0 Å². The van der Waals surface area contributed by atoms with Crippen molar-refractivity contribution in [1.82, 2.24) is 4.72 Å². The van der Waals surface area contributed by atoms with E-state index in [-0.39, 0.29) is 11.4 Å². The van der Waals surface area contributed by atoms with E-state index in [0.717, 1.165) is 10.4 Å². The lowest BCUT2D eigenvalue weighted by atomic mass is 10.2. The molecule has 1 heterocycles. The van der Waals surface area contributed by atoms with Gasteiger partial charge in [-0.05, 0) is 36.1 Å². The number of sulfonamides is 1. The van der Waals surface area contributed by atoms with Gasteiger partial charge in [0.1, 0.15) is 10.6 Å². The minimum atomic E-state index is -3.57. The lowest BCUT2D eigenvalue weighted by Gasteiger charge is -2.11. The van der Waals surface area contributed by atoms with Gasteiger partial charge in [-0.3, -0.25) is 0 Å². The van der Waals surface area contributed by atoms with Gasteiger partial charge in [0.25, 0.3) is 0 Å². The predicted octanol–water partition coefficient (Wildman–Crippen LogP) is 2.54. The highest BCUT2D eigenvalue weighted by Crippen LogP contribution is 2.24. The number of benzene rings is 1. The Balaban J connectivity index is 2.26. The quantitative estimate of drug-likeness (QED) is 0.922. The molecule has 0 unspecified atom stereocenters. The number of methoxy groups -OCH3 is 1. The first kappa shape index (κ1) is 14.0. The first-order valence-electron chi connectivity index (χ1n) is 5.69. The van der Waals surface area contributed by atoms with Gasteiger partial charge < -0.3 is 4.74 Å². The minimum absolute atomic E-state index is 0.173. The van der Waals surface area contributed by atoms with Gasteiger partial charge in [-0.2, -0.15) is 0 Å². The van der Waals surface area contributed by atoms with E-state index in [9.17, 15) is 8.42 Å². The monoisotopic (exact) mass is 297 g/mol. The highest BCUT2D eigenvalue weighted by Gasteiger charge is 2.19. The molecule has 19 heavy (non-hydrogen) atoms. The number of hydrogen-bond donors (Lipinski definition) is 1. The van der Waals surface area contributed by atoms with Crippen molar-refractivity contribution >= 4 is 21.4 Å². The molecule has 0 aliphatic heterocycles. The van der Waals surface area contributed by atoms with Crippen molar-refractivity contribution in [2.75, 3.05) is 7.11 Å². The van der Waals surface area contributed by atoms with E-state index in [4.69, 9.17) is 4.74 Å². The van der Waals surface area contributed by atoms with Crippen molar-refractivity contribution in [1.29, 1.82) is 0 Å². The molecule has 2 aromatic rings. The largest absolute Gasteiger partial charge is 0.495 e. The molecule has 0 aliphatic rings. The topological polar surface area (TPSA) is 55.4 Å². The second-order valence-electron chi connectivity index (χ2n) is 4.06. The van der Waals surface area contributed by atoms with Crippen LogP contribution in [0.4, 0.5) is 0 Å². The van der Waals surface area contributed by atoms with Crippen molar-refractivity contribution in [3.05, 3.63) is 46.2 Å². The van der Waals surface area contributed by atoms with E-state index >= 15 is 0 Å². The van der Waals surface area contributed by atoms with Crippen molar-refractivity contribution in [2.45, 2.75) is 18.4 Å². The second-order valence-corrected chi connectivity index (χ2v) is 6.83. The van der Waals surface area contributed by atoms with Gasteiger partial charge >= 0.3 is 0 Å². The lowest BCUT2D eigenvalue weighted by molar-refractivity contribution is 0.402. The lowest BCUT2D eigenvalue weighted by Crippen LogP contribution is -2.23. The summed E-state index contributed by atoms with van der Waals surface area (Å²) in [6, 6.07) is 8.87. The summed E-state index contributed by atoms with van der Waals surface area (Å²) in [6.45, 7) is 2.13. The molecule has 0 amide bonds. The third-order valence-electron chi connectivity index (χ3n) is 2.63. The van der Waals surface area contributed by atoms with Crippen LogP contribution in [-0.4, -0.2) is 15.5 Å². The summed E-state index contributed by atoms with van der Waals surface area (Å²) in [5.41, 5.74) is 0.872. The Kier molecular flexibility index (Phi) is 4.24. The zero-order valence-electron chi connectivity index (χ0n) is 10.7. The van der Waals surface area contributed by atoms with Crippen molar-refractivity contribution < 1.29 is 13.2 Å². The molecule has 0 aliphatic carbocycles. The fourth-order valence-electron chi connectivity index (χ4n) is 1.65. The van der Waals surface area contributed by atoms with E-state index in [1.165, 1.54) is 18.4 Å². The highest BCUT2D eigenvalue weighted by atomic mass is 32.2. The molecule has 0 saturated heterocycles. The number of rotatable bonds is 5. The summed E-state index contributed by atoms with van der Waals surface area (Å²) >= 11 is 1.51. The van der Waals surface area contributed by atoms with Crippen LogP contribution in [0, 0.1) is 6.92 Å². The molecule has 1 N–H and O–H groups in total. The predicted molar refractivity (Wildman–Crippen MR) is 76.1 cm³/mol. The molecule has 0 fully saturated rings. The van der Waals surface area contributed by atoms with Crippen LogP contribution in [0.15, 0.2) is 40.6 Å². The number of hydrogen-bond acceptors (Lipinski definition) is 4. The maximum absolute atomic E-state index is 12.3. The Morgan fingerprint density at radius 3 is 2.74 bits per heavy atom. The molecule has 1 aromatic heterocycles. The number of ether oxygens (including phenoxy) is 1. The fraction of sp³-hybridized carbons (Fsp3) is 0.231. The maximum atomic E-state index is 12.3. The summed E-state index contributed by atoms with van der Waals surface area (Å²) in [4.78, 5) is 1.14.